The maximum atomic E-state index is 14.6. The summed E-state index contributed by atoms with van der Waals surface area (Å²) in [6, 6.07) is 12.5. The lowest BCUT2D eigenvalue weighted by Gasteiger charge is -2.55. The first-order valence-electron chi connectivity index (χ1n) is 18.5. The minimum atomic E-state index is -4.11. The standard InChI is InChI=1S/C40H48N5O7S/c1-5-9-33(46)27(4)36-37-26(3)31(38(43(37)39(36)48)40(49)52-22-6-2)24-42-32-11-8-7-10-29(32)30-23-28(12-13-34(30)53(42,50)51)14-15-44-16-19-45(20-17-44,21-18-44)25-35(41)47/h5-8,10-13,23,26-27,36-37H,1-2,9,14-22,24-25H2,3-4H3,(H-,41,47)/q+1/p+1/t26?,27-,36?,37?,44?,45?/m0/s1. The van der Waals surface area contributed by atoms with Crippen LogP contribution in [0, 0.1) is 17.8 Å². The molecule has 6 aliphatic heterocycles. The summed E-state index contributed by atoms with van der Waals surface area (Å²) >= 11 is 0. The summed E-state index contributed by atoms with van der Waals surface area (Å²) in [4.78, 5) is 53.4. The Kier molecular flexibility index (Phi) is 9.48. The number of fused-ring (bicyclic) bond motifs is 7. The zero-order valence-electron chi connectivity index (χ0n) is 30.5. The number of β-lactam (4-membered cyclic amide) rings is 1. The van der Waals surface area contributed by atoms with Crippen LogP contribution in [0.4, 0.5) is 5.69 Å². The van der Waals surface area contributed by atoms with Crippen LogP contribution in [0.3, 0.4) is 0 Å². The van der Waals surface area contributed by atoms with Crippen LogP contribution in [0.1, 0.15) is 25.8 Å². The molecule has 13 heteroatoms. The van der Waals surface area contributed by atoms with Crippen molar-refractivity contribution in [3.8, 4) is 11.1 Å². The van der Waals surface area contributed by atoms with E-state index < -0.39 is 39.8 Å². The molecule has 4 saturated heterocycles. The van der Waals surface area contributed by atoms with Gasteiger partial charge in [0.2, 0.25) is 5.91 Å². The van der Waals surface area contributed by atoms with Gasteiger partial charge in [-0.05, 0) is 29.3 Å². The van der Waals surface area contributed by atoms with E-state index in [1.807, 2.05) is 31.2 Å². The number of sulfonamides is 1. The Balaban J connectivity index is 1.18. The van der Waals surface area contributed by atoms with Gasteiger partial charge in [-0.25, -0.2) is 13.2 Å². The van der Waals surface area contributed by atoms with E-state index in [9.17, 15) is 27.6 Å². The van der Waals surface area contributed by atoms with Crippen molar-refractivity contribution in [2.24, 2.45) is 23.5 Å². The Bertz CT molecular complexity index is 2030. The number of rotatable bonds is 14. The van der Waals surface area contributed by atoms with E-state index in [0.29, 0.717) is 23.4 Å². The molecule has 53 heavy (non-hydrogen) atoms. The molecule has 0 saturated carbocycles. The predicted octanol–water partition coefficient (Wildman–Crippen LogP) is 2.79. The summed E-state index contributed by atoms with van der Waals surface area (Å²) in [6.07, 6.45) is 3.86. The van der Waals surface area contributed by atoms with Crippen LogP contribution in [-0.4, -0.2) is 117 Å². The van der Waals surface area contributed by atoms with Crippen LogP contribution < -0.4 is 10.0 Å². The lowest BCUT2D eigenvalue weighted by atomic mass is 9.72. The Morgan fingerprint density at radius 3 is 2.34 bits per heavy atom. The highest BCUT2D eigenvalue weighted by Crippen LogP contribution is 2.51. The number of anilines is 1. The highest BCUT2D eigenvalue weighted by molar-refractivity contribution is 7.93. The molecule has 3 unspecified atom stereocenters. The van der Waals surface area contributed by atoms with Gasteiger partial charge in [-0.2, -0.15) is 0 Å². The summed E-state index contributed by atoms with van der Waals surface area (Å²) in [6.45, 7) is 17.8. The van der Waals surface area contributed by atoms with Crippen molar-refractivity contribution in [2.75, 3.05) is 69.8 Å². The molecular formula is C40H49N5O7S+2. The van der Waals surface area contributed by atoms with Gasteiger partial charge in [-0.15, -0.1) is 6.58 Å². The molecule has 4 atom stereocenters. The molecule has 8 rings (SSSR count). The van der Waals surface area contributed by atoms with E-state index in [1.54, 1.807) is 25.1 Å². The zero-order chi connectivity index (χ0) is 37.9. The zero-order valence-corrected chi connectivity index (χ0v) is 31.4. The second-order valence-electron chi connectivity index (χ2n) is 15.5. The highest BCUT2D eigenvalue weighted by atomic mass is 32.2. The van der Waals surface area contributed by atoms with Crippen LogP contribution >= 0.6 is 0 Å². The van der Waals surface area contributed by atoms with E-state index in [0.717, 1.165) is 72.3 Å². The number of piperazine rings is 3. The first-order valence-corrected chi connectivity index (χ1v) is 19.9. The van der Waals surface area contributed by atoms with Crippen LogP contribution in [0.5, 0.6) is 0 Å². The van der Waals surface area contributed by atoms with Crippen molar-refractivity contribution < 1.29 is 41.3 Å². The third-order valence-corrected chi connectivity index (χ3v) is 14.4. The Hall–Kier alpha value is -4.59. The van der Waals surface area contributed by atoms with E-state index in [2.05, 4.69) is 13.2 Å². The number of quaternary nitrogens is 2. The number of benzene rings is 2. The molecule has 2 bridgehead atoms. The largest absolute Gasteiger partial charge is 0.457 e. The van der Waals surface area contributed by atoms with Gasteiger partial charge >= 0.3 is 5.97 Å². The molecule has 0 aromatic heterocycles. The van der Waals surface area contributed by atoms with Gasteiger partial charge < -0.3 is 24.3 Å². The number of carbonyl (C=O) groups excluding carboxylic acids is 4. The van der Waals surface area contributed by atoms with Gasteiger partial charge in [0, 0.05) is 35.8 Å². The number of Topliss-reactive ketones (excluding diaryl/α,β-unsaturated/α-hetero) is 1. The van der Waals surface area contributed by atoms with Crippen molar-refractivity contribution in [1.29, 1.82) is 0 Å². The van der Waals surface area contributed by atoms with Gasteiger partial charge in [0.1, 0.15) is 57.4 Å². The third-order valence-electron chi connectivity index (χ3n) is 12.6. The molecule has 0 aliphatic carbocycles. The molecule has 6 aliphatic rings. The number of nitrogens with two attached hydrogens (primary N) is 1. The molecule has 2 amide bonds. The molecule has 12 nitrogen and oxygen atoms in total. The molecular weight excluding hydrogens is 695 g/mol. The number of hydrogen-bond donors (Lipinski definition) is 1. The van der Waals surface area contributed by atoms with Gasteiger partial charge in [0.05, 0.1) is 35.6 Å². The van der Waals surface area contributed by atoms with Crippen LogP contribution in [0.25, 0.3) is 11.1 Å². The molecule has 2 N–H and O–H groups in total. The minimum Gasteiger partial charge on any atom is -0.457 e. The Morgan fingerprint density at radius 2 is 1.68 bits per heavy atom. The fourth-order valence-corrected chi connectivity index (χ4v) is 11.1. The Labute approximate surface area is 311 Å². The van der Waals surface area contributed by atoms with E-state index >= 15 is 0 Å². The lowest BCUT2D eigenvalue weighted by Crippen LogP contribution is -2.76. The molecule has 280 valence electrons. The summed E-state index contributed by atoms with van der Waals surface area (Å²) in [7, 11) is -4.11. The quantitative estimate of drug-likeness (QED) is 0.136. The van der Waals surface area contributed by atoms with Crippen molar-refractivity contribution >= 4 is 39.3 Å². The average molecular weight is 744 g/mol. The van der Waals surface area contributed by atoms with E-state index in [-0.39, 0.29) is 47.8 Å². The topological polar surface area (TPSA) is 144 Å². The molecule has 4 fully saturated rings. The summed E-state index contributed by atoms with van der Waals surface area (Å²) in [5.41, 5.74) is 9.01. The lowest BCUT2D eigenvalue weighted by molar-refractivity contribution is -1.08. The second kappa shape index (κ2) is 13.7. The van der Waals surface area contributed by atoms with Gasteiger partial charge in [0.15, 0.2) is 6.54 Å². The van der Waals surface area contributed by atoms with Crippen LogP contribution in [-0.2, 0) is 40.4 Å². The van der Waals surface area contributed by atoms with E-state index in [1.165, 1.54) is 21.4 Å². The number of ketones is 1. The normalized spacial score (nSPS) is 28.3. The van der Waals surface area contributed by atoms with Gasteiger partial charge in [-0.1, -0.05) is 56.8 Å². The number of amides is 2. The van der Waals surface area contributed by atoms with Crippen molar-refractivity contribution in [3.05, 3.63) is 84.6 Å². The minimum absolute atomic E-state index is 0.0383. The van der Waals surface area contributed by atoms with Crippen molar-refractivity contribution in [3.63, 3.8) is 0 Å². The fraction of sp³-hybridized carbons (Fsp3) is 0.450. The summed E-state index contributed by atoms with van der Waals surface area (Å²) < 4.78 is 37.8. The molecule has 2 aromatic carbocycles. The maximum Gasteiger partial charge on any atom is 0.355 e. The SMILES string of the molecule is C=CCOC(=O)C1=C(CN2c3ccccc3-c3cc(CC[N+]45CC[N+](CC(N)=O)(CC4)CC5)ccc3S2(=O)=O)C(C)C2C([C@@H](C)C(=O)CC=C)C(=O)N12. The van der Waals surface area contributed by atoms with Crippen molar-refractivity contribution in [2.45, 2.75) is 37.6 Å². The predicted molar refractivity (Wildman–Crippen MR) is 199 cm³/mol. The first kappa shape index (κ1) is 36.8. The molecule has 6 heterocycles. The number of nitrogens with zero attached hydrogens (tertiary/aromatic N) is 4. The van der Waals surface area contributed by atoms with Gasteiger partial charge in [0.25, 0.3) is 15.9 Å². The highest BCUT2D eigenvalue weighted by Gasteiger charge is 2.61. The number of para-hydroxylation sites is 1. The summed E-state index contributed by atoms with van der Waals surface area (Å²) in [5.74, 6) is -3.12. The fourth-order valence-electron chi connectivity index (χ4n) is 9.46. The molecule has 0 spiro atoms. The van der Waals surface area contributed by atoms with Crippen molar-refractivity contribution in [1.82, 2.24) is 4.90 Å². The number of primary amides is 1. The number of esters is 1. The first-order chi connectivity index (χ1) is 25.3. The molecule has 0 radical (unpaired) electrons. The third kappa shape index (κ3) is 6.12. The second-order valence-corrected chi connectivity index (χ2v) is 17.3. The number of allylic oxidation sites excluding steroid dienone is 1. The smallest absolute Gasteiger partial charge is 0.355 e. The van der Waals surface area contributed by atoms with Gasteiger partial charge in [-0.3, -0.25) is 18.7 Å². The van der Waals surface area contributed by atoms with Crippen LogP contribution in [0.2, 0.25) is 0 Å². The average Bonchev–Trinajstić information content (AvgIpc) is 3.39. The maximum absolute atomic E-state index is 14.6. The number of hydrogen-bond acceptors (Lipinski definition) is 7. The number of carbonyl (C=O) groups is 4. The van der Waals surface area contributed by atoms with Crippen LogP contribution in [0.15, 0.2) is 83.9 Å². The van der Waals surface area contributed by atoms with E-state index in [4.69, 9.17) is 10.5 Å². The molecule has 2 aromatic rings. The summed E-state index contributed by atoms with van der Waals surface area (Å²) in [5, 5.41) is 0. The number of ether oxygens (including phenoxy) is 1. The Morgan fingerprint density at radius 1 is 1.00 bits per heavy atom. The monoisotopic (exact) mass is 743 g/mol.